The summed E-state index contributed by atoms with van der Waals surface area (Å²) >= 11 is 12.0. The van der Waals surface area contributed by atoms with Gasteiger partial charge in [0, 0.05) is 22.0 Å². The van der Waals surface area contributed by atoms with Crippen LogP contribution in [0.1, 0.15) is 18.4 Å². The Morgan fingerprint density at radius 1 is 1.31 bits per heavy atom. The third kappa shape index (κ3) is 1.56. The summed E-state index contributed by atoms with van der Waals surface area (Å²) < 4.78 is 0. The van der Waals surface area contributed by atoms with Crippen molar-refractivity contribution in [2.45, 2.75) is 18.3 Å². The van der Waals surface area contributed by atoms with Crippen molar-refractivity contribution in [1.82, 2.24) is 0 Å². The molecule has 0 amide bonds. The summed E-state index contributed by atoms with van der Waals surface area (Å²) in [5, 5.41) is 1.52. The van der Waals surface area contributed by atoms with Gasteiger partial charge in [0.15, 0.2) is 0 Å². The SMILES string of the molecule is NCC1(c2cc(Cl)ccc2Cl)CC1. The molecule has 2 N–H and O–H groups in total. The minimum absolute atomic E-state index is 0.127. The Morgan fingerprint density at radius 3 is 2.54 bits per heavy atom. The highest BCUT2D eigenvalue weighted by atomic mass is 35.5. The third-order valence-electron chi connectivity index (χ3n) is 2.74. The molecule has 0 atom stereocenters. The van der Waals surface area contributed by atoms with Crippen LogP contribution in [0.2, 0.25) is 10.0 Å². The molecule has 0 aliphatic heterocycles. The molecule has 70 valence electrons. The molecule has 1 fully saturated rings. The van der Waals surface area contributed by atoms with Gasteiger partial charge >= 0.3 is 0 Å². The number of hydrogen-bond donors (Lipinski definition) is 1. The smallest absolute Gasteiger partial charge is 0.0445 e. The maximum absolute atomic E-state index is 6.09. The Balaban J connectivity index is 2.44. The standard InChI is InChI=1S/C10H11Cl2N/c11-7-1-2-9(12)8(5-7)10(6-13)3-4-10/h1-2,5H,3-4,6,13H2. The zero-order valence-corrected chi connectivity index (χ0v) is 8.70. The third-order valence-corrected chi connectivity index (χ3v) is 3.31. The van der Waals surface area contributed by atoms with Crippen LogP contribution in [-0.2, 0) is 5.41 Å². The van der Waals surface area contributed by atoms with Crippen LogP contribution < -0.4 is 5.73 Å². The fourth-order valence-electron chi connectivity index (χ4n) is 1.64. The summed E-state index contributed by atoms with van der Waals surface area (Å²) in [7, 11) is 0. The van der Waals surface area contributed by atoms with E-state index in [2.05, 4.69) is 0 Å². The van der Waals surface area contributed by atoms with Crippen LogP contribution in [0.4, 0.5) is 0 Å². The molecule has 1 saturated carbocycles. The molecule has 0 bridgehead atoms. The normalized spacial score (nSPS) is 18.7. The Kier molecular flexibility index (Phi) is 2.26. The fraction of sp³-hybridized carbons (Fsp3) is 0.400. The van der Waals surface area contributed by atoms with E-state index >= 15 is 0 Å². The Hall–Kier alpha value is -0.240. The molecule has 0 saturated heterocycles. The molecule has 1 aliphatic carbocycles. The molecule has 1 aromatic rings. The van der Waals surface area contributed by atoms with Gasteiger partial charge in [-0.2, -0.15) is 0 Å². The van der Waals surface area contributed by atoms with E-state index in [0.29, 0.717) is 6.54 Å². The van der Waals surface area contributed by atoms with Crippen LogP contribution in [0.3, 0.4) is 0 Å². The second-order valence-corrected chi connectivity index (χ2v) is 4.45. The summed E-state index contributed by atoms with van der Waals surface area (Å²) in [5.74, 6) is 0. The van der Waals surface area contributed by atoms with Crippen molar-refractivity contribution in [2.75, 3.05) is 6.54 Å². The summed E-state index contributed by atoms with van der Waals surface area (Å²) in [5.41, 5.74) is 6.96. The predicted octanol–water partition coefficient (Wildman–Crippen LogP) is 2.98. The number of halogens is 2. The highest BCUT2D eigenvalue weighted by Crippen LogP contribution is 2.50. The molecule has 0 aromatic heterocycles. The lowest BCUT2D eigenvalue weighted by Crippen LogP contribution is -2.20. The molecule has 0 radical (unpaired) electrons. The Morgan fingerprint density at radius 2 is 2.00 bits per heavy atom. The second kappa shape index (κ2) is 3.16. The molecule has 1 nitrogen and oxygen atoms in total. The number of benzene rings is 1. The van der Waals surface area contributed by atoms with E-state index in [1.807, 2.05) is 12.1 Å². The van der Waals surface area contributed by atoms with Gasteiger partial charge in [0.25, 0.3) is 0 Å². The Bertz CT molecular complexity index is 332. The first-order valence-corrected chi connectivity index (χ1v) is 5.09. The van der Waals surface area contributed by atoms with E-state index in [-0.39, 0.29) is 5.41 Å². The molecular formula is C10H11Cl2N. The predicted molar refractivity (Wildman–Crippen MR) is 56.4 cm³/mol. The van der Waals surface area contributed by atoms with Crippen LogP contribution >= 0.6 is 23.2 Å². The molecular weight excluding hydrogens is 205 g/mol. The fourth-order valence-corrected chi connectivity index (χ4v) is 2.13. The molecule has 13 heavy (non-hydrogen) atoms. The maximum atomic E-state index is 6.09. The van der Waals surface area contributed by atoms with E-state index in [1.54, 1.807) is 6.07 Å². The highest BCUT2D eigenvalue weighted by molar-refractivity contribution is 6.33. The quantitative estimate of drug-likeness (QED) is 0.807. The lowest BCUT2D eigenvalue weighted by molar-refractivity contribution is 0.705. The van der Waals surface area contributed by atoms with Crippen molar-refractivity contribution in [3.63, 3.8) is 0 Å². The summed E-state index contributed by atoms with van der Waals surface area (Å²) in [6.07, 6.45) is 2.26. The van der Waals surface area contributed by atoms with E-state index < -0.39 is 0 Å². The summed E-state index contributed by atoms with van der Waals surface area (Å²) in [6, 6.07) is 5.58. The van der Waals surface area contributed by atoms with Gasteiger partial charge in [0.1, 0.15) is 0 Å². The van der Waals surface area contributed by atoms with E-state index in [9.17, 15) is 0 Å². The number of hydrogen-bond acceptors (Lipinski definition) is 1. The van der Waals surface area contributed by atoms with Crippen molar-refractivity contribution >= 4 is 23.2 Å². The first-order chi connectivity index (χ1) is 6.18. The molecule has 0 spiro atoms. The van der Waals surface area contributed by atoms with Gasteiger partial charge in [-0.3, -0.25) is 0 Å². The minimum atomic E-state index is 0.127. The van der Waals surface area contributed by atoms with Crippen LogP contribution in [0.15, 0.2) is 18.2 Å². The molecule has 1 aromatic carbocycles. The van der Waals surface area contributed by atoms with Gasteiger partial charge in [0.2, 0.25) is 0 Å². The Labute approximate surface area is 87.8 Å². The largest absolute Gasteiger partial charge is 0.330 e. The van der Waals surface area contributed by atoms with E-state index in [0.717, 1.165) is 28.5 Å². The van der Waals surface area contributed by atoms with E-state index in [4.69, 9.17) is 28.9 Å². The first-order valence-electron chi connectivity index (χ1n) is 4.33. The maximum Gasteiger partial charge on any atom is 0.0445 e. The molecule has 2 rings (SSSR count). The van der Waals surface area contributed by atoms with Crippen LogP contribution in [0, 0.1) is 0 Å². The van der Waals surface area contributed by atoms with Gasteiger partial charge in [-0.05, 0) is 36.6 Å². The summed E-state index contributed by atoms with van der Waals surface area (Å²) in [4.78, 5) is 0. The van der Waals surface area contributed by atoms with Crippen LogP contribution in [-0.4, -0.2) is 6.54 Å². The second-order valence-electron chi connectivity index (χ2n) is 3.61. The molecule has 3 heteroatoms. The van der Waals surface area contributed by atoms with Gasteiger partial charge in [-0.25, -0.2) is 0 Å². The van der Waals surface area contributed by atoms with Gasteiger partial charge in [0.05, 0.1) is 0 Å². The minimum Gasteiger partial charge on any atom is -0.330 e. The summed E-state index contributed by atoms with van der Waals surface area (Å²) in [6.45, 7) is 0.660. The number of rotatable bonds is 2. The molecule has 0 unspecified atom stereocenters. The lowest BCUT2D eigenvalue weighted by Gasteiger charge is -2.14. The van der Waals surface area contributed by atoms with Crippen LogP contribution in [0.5, 0.6) is 0 Å². The van der Waals surface area contributed by atoms with Crippen molar-refractivity contribution in [3.05, 3.63) is 33.8 Å². The lowest BCUT2D eigenvalue weighted by atomic mass is 9.96. The van der Waals surface area contributed by atoms with Gasteiger partial charge < -0.3 is 5.73 Å². The average Bonchev–Trinajstić information content (AvgIpc) is 2.90. The topological polar surface area (TPSA) is 26.0 Å². The van der Waals surface area contributed by atoms with E-state index in [1.165, 1.54) is 0 Å². The van der Waals surface area contributed by atoms with Crippen LogP contribution in [0.25, 0.3) is 0 Å². The molecule has 0 heterocycles. The zero-order chi connectivity index (χ0) is 9.47. The van der Waals surface area contributed by atoms with Crippen molar-refractivity contribution in [3.8, 4) is 0 Å². The zero-order valence-electron chi connectivity index (χ0n) is 7.19. The van der Waals surface area contributed by atoms with Gasteiger partial charge in [-0.15, -0.1) is 0 Å². The highest BCUT2D eigenvalue weighted by Gasteiger charge is 2.44. The van der Waals surface area contributed by atoms with Crippen molar-refractivity contribution in [1.29, 1.82) is 0 Å². The molecule has 1 aliphatic rings. The monoisotopic (exact) mass is 215 g/mol. The number of nitrogens with two attached hydrogens (primary N) is 1. The average molecular weight is 216 g/mol. The van der Waals surface area contributed by atoms with Crippen molar-refractivity contribution in [2.24, 2.45) is 5.73 Å². The van der Waals surface area contributed by atoms with Crippen molar-refractivity contribution < 1.29 is 0 Å². The first kappa shape index (κ1) is 9.32. The van der Waals surface area contributed by atoms with Gasteiger partial charge in [-0.1, -0.05) is 23.2 Å².